The maximum Gasteiger partial charge on any atom is 0.410 e. The zero-order valence-corrected chi connectivity index (χ0v) is 17.5. The normalized spacial score (nSPS) is 15.8. The lowest BCUT2D eigenvalue weighted by Crippen LogP contribution is -2.46. The van der Waals surface area contributed by atoms with Gasteiger partial charge in [-0.1, -0.05) is 48.5 Å². The van der Waals surface area contributed by atoms with Gasteiger partial charge < -0.3 is 14.7 Å². The third-order valence-corrected chi connectivity index (χ3v) is 6.20. The van der Waals surface area contributed by atoms with Crippen LogP contribution in [0.15, 0.2) is 48.5 Å². The summed E-state index contributed by atoms with van der Waals surface area (Å²) in [6.07, 6.45) is 0.844. The first kappa shape index (κ1) is 20.9. The van der Waals surface area contributed by atoms with Gasteiger partial charge in [0.25, 0.3) is 0 Å². The molecule has 1 saturated heterocycles. The van der Waals surface area contributed by atoms with Gasteiger partial charge in [-0.2, -0.15) is 0 Å². The van der Waals surface area contributed by atoms with Crippen molar-refractivity contribution in [2.45, 2.75) is 31.2 Å². The summed E-state index contributed by atoms with van der Waals surface area (Å²) in [6.45, 7) is 1.38. The van der Waals surface area contributed by atoms with Crippen LogP contribution >= 0.6 is 0 Å². The smallest absolute Gasteiger partial charge is 0.410 e. The van der Waals surface area contributed by atoms with Crippen molar-refractivity contribution in [1.82, 2.24) is 9.80 Å². The second-order valence-electron chi connectivity index (χ2n) is 8.06. The highest BCUT2D eigenvalue weighted by molar-refractivity contribution is 5.87. The molecule has 1 atom stereocenters. The van der Waals surface area contributed by atoms with Crippen LogP contribution in [0.3, 0.4) is 0 Å². The maximum atomic E-state index is 12.7. The van der Waals surface area contributed by atoms with Gasteiger partial charge in [-0.15, -0.1) is 0 Å². The Kier molecular flexibility index (Phi) is 5.93. The van der Waals surface area contributed by atoms with E-state index in [1.54, 1.807) is 4.90 Å². The number of benzene rings is 2. The number of hydrogen-bond donors (Lipinski definition) is 1. The van der Waals surface area contributed by atoms with Crippen LogP contribution in [-0.4, -0.2) is 65.7 Å². The summed E-state index contributed by atoms with van der Waals surface area (Å²) >= 11 is 0. The SMILES string of the molecule is CN(C(=O)OCC1c2ccccc2-c2ccccc21)C(CC(=O)N1CCCC1)C(=O)O. The summed E-state index contributed by atoms with van der Waals surface area (Å²) in [5, 5.41) is 9.60. The number of amides is 2. The van der Waals surface area contributed by atoms with Crippen molar-refractivity contribution in [2.75, 3.05) is 26.7 Å². The molecule has 0 aromatic heterocycles. The molecule has 162 valence electrons. The van der Waals surface area contributed by atoms with E-state index in [-0.39, 0.29) is 24.9 Å². The number of carbonyl (C=O) groups is 3. The van der Waals surface area contributed by atoms with Gasteiger partial charge in [-0.05, 0) is 35.1 Å². The van der Waals surface area contributed by atoms with Crippen molar-refractivity contribution in [1.29, 1.82) is 0 Å². The van der Waals surface area contributed by atoms with E-state index in [0.717, 1.165) is 40.0 Å². The molecule has 31 heavy (non-hydrogen) atoms. The molecule has 2 aliphatic rings. The Morgan fingerprint density at radius 1 is 1.03 bits per heavy atom. The second kappa shape index (κ2) is 8.79. The highest BCUT2D eigenvalue weighted by Crippen LogP contribution is 2.44. The monoisotopic (exact) mass is 422 g/mol. The van der Waals surface area contributed by atoms with Gasteiger partial charge in [0.05, 0.1) is 6.42 Å². The molecule has 1 unspecified atom stereocenters. The minimum atomic E-state index is -1.26. The Morgan fingerprint density at radius 2 is 1.58 bits per heavy atom. The highest BCUT2D eigenvalue weighted by Gasteiger charge is 2.34. The number of aliphatic carboxylic acids is 1. The highest BCUT2D eigenvalue weighted by atomic mass is 16.6. The summed E-state index contributed by atoms with van der Waals surface area (Å²) in [6, 6.07) is 14.7. The lowest BCUT2D eigenvalue weighted by Gasteiger charge is -2.26. The molecule has 0 radical (unpaired) electrons. The fourth-order valence-corrected chi connectivity index (χ4v) is 4.47. The first-order valence-electron chi connectivity index (χ1n) is 10.6. The predicted octanol–water partition coefficient (Wildman–Crippen LogP) is 3.33. The average Bonchev–Trinajstić information content (AvgIpc) is 3.42. The number of hydrogen-bond acceptors (Lipinski definition) is 4. The van der Waals surface area contributed by atoms with Gasteiger partial charge in [0.15, 0.2) is 0 Å². The number of carboxylic acids is 1. The lowest BCUT2D eigenvalue weighted by molar-refractivity contribution is -0.146. The number of nitrogens with zero attached hydrogens (tertiary/aromatic N) is 2. The lowest BCUT2D eigenvalue weighted by atomic mass is 9.98. The molecule has 1 aliphatic carbocycles. The van der Waals surface area contributed by atoms with E-state index in [1.807, 2.05) is 48.5 Å². The van der Waals surface area contributed by atoms with Crippen LogP contribution in [0.2, 0.25) is 0 Å². The van der Waals surface area contributed by atoms with Crippen molar-refractivity contribution in [3.8, 4) is 11.1 Å². The number of likely N-dealkylation sites (N-methyl/N-ethyl adjacent to an activating group) is 1. The minimum Gasteiger partial charge on any atom is -0.480 e. The molecule has 2 aromatic rings. The number of carbonyl (C=O) groups excluding carboxylic acids is 2. The first-order valence-corrected chi connectivity index (χ1v) is 10.6. The third kappa shape index (κ3) is 4.13. The van der Waals surface area contributed by atoms with Crippen molar-refractivity contribution < 1.29 is 24.2 Å². The number of likely N-dealkylation sites (tertiary alicyclic amines) is 1. The number of rotatable bonds is 6. The van der Waals surface area contributed by atoms with Crippen molar-refractivity contribution in [2.24, 2.45) is 0 Å². The van der Waals surface area contributed by atoms with Crippen LogP contribution in [0.1, 0.15) is 36.3 Å². The Morgan fingerprint density at radius 3 is 2.13 bits per heavy atom. The van der Waals surface area contributed by atoms with Crippen LogP contribution in [0, 0.1) is 0 Å². The van der Waals surface area contributed by atoms with E-state index in [1.165, 1.54) is 7.05 Å². The minimum absolute atomic E-state index is 0.101. The Balaban J connectivity index is 1.44. The Hall–Kier alpha value is -3.35. The molecule has 0 saturated carbocycles. The molecular formula is C24H26N2O5. The van der Waals surface area contributed by atoms with E-state index >= 15 is 0 Å². The van der Waals surface area contributed by atoms with Crippen LogP contribution < -0.4 is 0 Å². The predicted molar refractivity (Wildman–Crippen MR) is 115 cm³/mol. The van der Waals surface area contributed by atoms with E-state index in [4.69, 9.17) is 4.74 Å². The van der Waals surface area contributed by atoms with Crippen LogP contribution in [0.4, 0.5) is 4.79 Å². The zero-order chi connectivity index (χ0) is 22.0. The van der Waals surface area contributed by atoms with E-state index in [9.17, 15) is 19.5 Å². The molecular weight excluding hydrogens is 396 g/mol. The molecule has 7 nitrogen and oxygen atoms in total. The molecule has 7 heteroatoms. The average molecular weight is 422 g/mol. The molecule has 2 aromatic carbocycles. The van der Waals surface area contributed by atoms with E-state index in [2.05, 4.69) is 0 Å². The van der Waals surface area contributed by atoms with Crippen molar-refractivity contribution >= 4 is 18.0 Å². The fourth-order valence-electron chi connectivity index (χ4n) is 4.47. The summed E-state index contributed by atoms with van der Waals surface area (Å²) in [5.74, 6) is -1.58. The van der Waals surface area contributed by atoms with Crippen LogP contribution in [-0.2, 0) is 14.3 Å². The number of ether oxygens (including phenoxy) is 1. The Bertz CT molecular complexity index is 953. The molecule has 1 N–H and O–H groups in total. The first-order chi connectivity index (χ1) is 15.0. The summed E-state index contributed by atoms with van der Waals surface area (Å²) in [5.41, 5.74) is 4.40. The summed E-state index contributed by atoms with van der Waals surface area (Å²) < 4.78 is 5.54. The summed E-state index contributed by atoms with van der Waals surface area (Å²) in [4.78, 5) is 39.5. The fraction of sp³-hybridized carbons (Fsp3) is 0.375. The maximum absolute atomic E-state index is 12.7. The molecule has 4 rings (SSSR count). The van der Waals surface area contributed by atoms with Gasteiger partial charge >= 0.3 is 12.1 Å². The van der Waals surface area contributed by atoms with Gasteiger partial charge in [-0.3, -0.25) is 9.69 Å². The Labute approximate surface area is 181 Å². The summed E-state index contributed by atoms with van der Waals surface area (Å²) in [7, 11) is 1.37. The van der Waals surface area contributed by atoms with Gasteiger partial charge in [0.2, 0.25) is 5.91 Å². The number of fused-ring (bicyclic) bond motifs is 3. The van der Waals surface area contributed by atoms with Crippen molar-refractivity contribution in [3.63, 3.8) is 0 Å². The topological polar surface area (TPSA) is 87.2 Å². The van der Waals surface area contributed by atoms with Crippen LogP contribution in [0.25, 0.3) is 11.1 Å². The molecule has 1 heterocycles. The molecule has 1 fully saturated rings. The van der Waals surface area contributed by atoms with Crippen molar-refractivity contribution in [3.05, 3.63) is 59.7 Å². The largest absolute Gasteiger partial charge is 0.480 e. The third-order valence-electron chi connectivity index (χ3n) is 6.20. The molecule has 0 bridgehead atoms. The van der Waals surface area contributed by atoms with E-state index in [0.29, 0.717) is 13.1 Å². The van der Waals surface area contributed by atoms with Gasteiger partial charge in [0.1, 0.15) is 12.6 Å². The quantitative estimate of drug-likeness (QED) is 0.772. The van der Waals surface area contributed by atoms with E-state index < -0.39 is 18.1 Å². The molecule has 1 aliphatic heterocycles. The van der Waals surface area contributed by atoms with Gasteiger partial charge in [0, 0.05) is 26.1 Å². The number of carboxylic acid groups (broad SMARTS) is 1. The molecule has 2 amide bonds. The van der Waals surface area contributed by atoms with Gasteiger partial charge in [-0.25, -0.2) is 9.59 Å². The second-order valence-corrected chi connectivity index (χ2v) is 8.06. The van der Waals surface area contributed by atoms with Crippen LogP contribution in [0.5, 0.6) is 0 Å². The molecule has 0 spiro atoms. The zero-order valence-electron chi connectivity index (χ0n) is 17.5. The standard InChI is InChI=1S/C24H26N2O5/c1-25(21(23(28)29)14-22(27)26-12-6-7-13-26)24(30)31-15-20-18-10-4-2-8-16(18)17-9-3-5-11-19(17)20/h2-5,8-11,20-21H,6-7,12-15H2,1H3,(H,28,29).